The molecule has 1 aliphatic carbocycles. The average molecular weight is 457 g/mol. The molecule has 2 fully saturated rings. The van der Waals surface area contributed by atoms with Crippen LogP contribution in [0.3, 0.4) is 0 Å². The third-order valence-electron chi connectivity index (χ3n) is 6.70. The molecular weight excluding hydrogens is 432 g/mol. The summed E-state index contributed by atoms with van der Waals surface area (Å²) in [4.78, 5) is 24.1. The SMILES string of the molecule is Nc1ncc(-c2ccc(C3(c4noc(-c5cnc(N6CCOCC6)cn5)n4)CCC3)cc2)cn1. The lowest BCUT2D eigenvalue weighted by Crippen LogP contribution is -2.36. The van der Waals surface area contributed by atoms with Gasteiger partial charge in [0.25, 0.3) is 5.89 Å². The Morgan fingerprint density at radius 3 is 2.26 bits per heavy atom. The topological polar surface area (TPSA) is 129 Å². The van der Waals surface area contributed by atoms with E-state index in [1.807, 2.05) is 0 Å². The van der Waals surface area contributed by atoms with Gasteiger partial charge in [0.2, 0.25) is 5.95 Å². The zero-order chi connectivity index (χ0) is 23.0. The standard InChI is InChI=1S/C24H24N8O2/c25-23-28-12-17(13-29-23)16-2-4-18(5-3-16)24(6-1-7-24)22-30-21(34-31-22)19-14-27-20(15-26-19)32-8-10-33-11-9-32/h2-5,12-15H,1,6-11H2,(H2,25,28,29). The van der Waals surface area contributed by atoms with E-state index in [1.165, 1.54) is 5.56 Å². The molecule has 172 valence electrons. The second kappa shape index (κ2) is 8.45. The van der Waals surface area contributed by atoms with Crippen molar-refractivity contribution in [1.82, 2.24) is 30.1 Å². The minimum atomic E-state index is -0.251. The molecule has 0 unspecified atom stereocenters. The molecule has 4 heterocycles. The van der Waals surface area contributed by atoms with Gasteiger partial charge in [0.1, 0.15) is 11.5 Å². The van der Waals surface area contributed by atoms with Crippen LogP contribution < -0.4 is 10.6 Å². The van der Waals surface area contributed by atoms with Crippen molar-refractivity contribution in [2.45, 2.75) is 24.7 Å². The van der Waals surface area contributed by atoms with Crippen LogP contribution in [0.25, 0.3) is 22.7 Å². The Kier molecular flexibility index (Phi) is 5.14. The maximum atomic E-state index is 5.62. The second-order valence-electron chi connectivity index (χ2n) is 8.63. The van der Waals surface area contributed by atoms with Crippen molar-refractivity contribution in [2.24, 2.45) is 0 Å². The highest BCUT2D eigenvalue weighted by molar-refractivity contribution is 5.63. The third kappa shape index (κ3) is 3.65. The van der Waals surface area contributed by atoms with Crippen molar-refractivity contribution in [1.29, 1.82) is 0 Å². The molecule has 10 heteroatoms. The summed E-state index contributed by atoms with van der Waals surface area (Å²) in [6.45, 7) is 3.03. The first-order valence-corrected chi connectivity index (χ1v) is 11.4. The molecule has 0 bridgehead atoms. The first-order chi connectivity index (χ1) is 16.7. The van der Waals surface area contributed by atoms with Crippen LogP contribution in [0.4, 0.5) is 11.8 Å². The summed E-state index contributed by atoms with van der Waals surface area (Å²) >= 11 is 0. The van der Waals surface area contributed by atoms with E-state index in [9.17, 15) is 0 Å². The molecule has 3 aromatic heterocycles. The van der Waals surface area contributed by atoms with Crippen LogP contribution in [-0.2, 0) is 10.2 Å². The van der Waals surface area contributed by atoms with Crippen LogP contribution in [0.2, 0.25) is 0 Å². The van der Waals surface area contributed by atoms with E-state index in [1.54, 1.807) is 24.8 Å². The number of nitrogen functional groups attached to an aromatic ring is 1. The summed E-state index contributed by atoms with van der Waals surface area (Å²) in [5, 5.41) is 4.35. The monoisotopic (exact) mass is 456 g/mol. The molecule has 2 N–H and O–H groups in total. The number of benzene rings is 1. The van der Waals surface area contributed by atoms with Gasteiger partial charge in [0.15, 0.2) is 5.82 Å². The van der Waals surface area contributed by atoms with Crippen molar-refractivity contribution in [3.63, 3.8) is 0 Å². The molecule has 4 aromatic rings. The fraction of sp³-hybridized carbons (Fsp3) is 0.333. The molecule has 0 radical (unpaired) electrons. The van der Waals surface area contributed by atoms with Gasteiger partial charge < -0.3 is 19.9 Å². The fourth-order valence-electron chi connectivity index (χ4n) is 4.55. The van der Waals surface area contributed by atoms with Gasteiger partial charge >= 0.3 is 0 Å². The molecule has 0 spiro atoms. The zero-order valence-corrected chi connectivity index (χ0v) is 18.6. The largest absolute Gasteiger partial charge is 0.378 e. The summed E-state index contributed by atoms with van der Waals surface area (Å²) < 4.78 is 11.0. The van der Waals surface area contributed by atoms with Crippen molar-refractivity contribution >= 4 is 11.8 Å². The molecule has 2 aliphatic rings. The molecule has 34 heavy (non-hydrogen) atoms. The van der Waals surface area contributed by atoms with E-state index in [2.05, 4.69) is 54.3 Å². The van der Waals surface area contributed by atoms with Gasteiger partial charge in [-0.25, -0.2) is 19.9 Å². The highest BCUT2D eigenvalue weighted by atomic mass is 16.5. The molecule has 10 nitrogen and oxygen atoms in total. The van der Waals surface area contributed by atoms with E-state index >= 15 is 0 Å². The second-order valence-corrected chi connectivity index (χ2v) is 8.63. The molecule has 1 saturated heterocycles. The van der Waals surface area contributed by atoms with Crippen LogP contribution >= 0.6 is 0 Å². The zero-order valence-electron chi connectivity index (χ0n) is 18.6. The van der Waals surface area contributed by atoms with Crippen LogP contribution in [0.1, 0.15) is 30.7 Å². The van der Waals surface area contributed by atoms with Crippen LogP contribution in [0.15, 0.2) is 53.6 Å². The Labute approximate surface area is 196 Å². The number of morpholine rings is 1. The Hall–Kier alpha value is -3.92. The molecular formula is C24H24N8O2. The number of rotatable bonds is 5. The number of nitrogens with zero attached hydrogens (tertiary/aromatic N) is 7. The number of nitrogens with two attached hydrogens (primary N) is 1. The van der Waals surface area contributed by atoms with Crippen LogP contribution in [0, 0.1) is 0 Å². The number of hydrogen-bond donors (Lipinski definition) is 1. The van der Waals surface area contributed by atoms with Gasteiger partial charge in [-0.2, -0.15) is 4.98 Å². The predicted molar refractivity (Wildman–Crippen MR) is 125 cm³/mol. The summed E-state index contributed by atoms with van der Waals surface area (Å²) in [6, 6.07) is 8.39. The summed E-state index contributed by atoms with van der Waals surface area (Å²) in [5.41, 5.74) is 9.04. The van der Waals surface area contributed by atoms with Gasteiger partial charge in [0.05, 0.1) is 31.0 Å². The minimum Gasteiger partial charge on any atom is -0.378 e. The quantitative estimate of drug-likeness (QED) is 0.478. The number of hydrogen-bond acceptors (Lipinski definition) is 10. The van der Waals surface area contributed by atoms with E-state index in [0.29, 0.717) is 30.6 Å². The number of anilines is 2. The number of aromatic nitrogens is 6. The maximum absolute atomic E-state index is 5.62. The van der Waals surface area contributed by atoms with Crippen molar-refractivity contribution < 1.29 is 9.26 Å². The predicted octanol–water partition coefficient (Wildman–Crippen LogP) is 2.87. The lowest BCUT2D eigenvalue weighted by atomic mass is 9.64. The van der Waals surface area contributed by atoms with Crippen molar-refractivity contribution in [3.05, 3.63) is 60.4 Å². The van der Waals surface area contributed by atoms with Gasteiger partial charge in [-0.05, 0) is 24.0 Å². The van der Waals surface area contributed by atoms with Gasteiger partial charge in [-0.15, -0.1) is 0 Å². The van der Waals surface area contributed by atoms with E-state index < -0.39 is 0 Å². The Balaban J connectivity index is 1.24. The van der Waals surface area contributed by atoms with Crippen molar-refractivity contribution in [2.75, 3.05) is 36.9 Å². The van der Waals surface area contributed by atoms with Gasteiger partial charge in [0, 0.05) is 31.0 Å². The van der Waals surface area contributed by atoms with E-state index in [-0.39, 0.29) is 11.4 Å². The van der Waals surface area contributed by atoms with Gasteiger partial charge in [-0.1, -0.05) is 35.8 Å². The number of ether oxygens (including phenoxy) is 1. The Morgan fingerprint density at radius 1 is 0.853 bits per heavy atom. The van der Waals surface area contributed by atoms with Gasteiger partial charge in [-0.3, -0.25) is 0 Å². The molecule has 1 aromatic carbocycles. The first-order valence-electron chi connectivity index (χ1n) is 11.4. The van der Waals surface area contributed by atoms with Crippen LogP contribution in [0.5, 0.6) is 0 Å². The Morgan fingerprint density at radius 2 is 1.62 bits per heavy atom. The summed E-state index contributed by atoms with van der Waals surface area (Å²) in [7, 11) is 0. The van der Waals surface area contributed by atoms with Crippen molar-refractivity contribution in [3.8, 4) is 22.7 Å². The lowest BCUT2D eigenvalue weighted by Gasteiger charge is -2.39. The maximum Gasteiger partial charge on any atom is 0.278 e. The van der Waals surface area contributed by atoms with E-state index in [4.69, 9.17) is 20.0 Å². The molecule has 1 aliphatic heterocycles. The fourth-order valence-corrected chi connectivity index (χ4v) is 4.55. The first kappa shape index (κ1) is 20.7. The summed E-state index contributed by atoms with van der Waals surface area (Å²) in [5.74, 6) is 2.17. The normalized spacial score (nSPS) is 17.4. The van der Waals surface area contributed by atoms with Crippen LogP contribution in [-0.4, -0.2) is 56.4 Å². The smallest absolute Gasteiger partial charge is 0.278 e. The minimum absolute atomic E-state index is 0.251. The van der Waals surface area contributed by atoms with E-state index in [0.717, 1.165) is 49.3 Å². The summed E-state index contributed by atoms with van der Waals surface area (Å²) in [6.07, 6.45) is 9.96. The molecule has 0 amide bonds. The Bertz CT molecular complexity index is 1260. The molecule has 1 saturated carbocycles. The highest BCUT2D eigenvalue weighted by Crippen LogP contribution is 2.48. The average Bonchev–Trinajstić information content (AvgIpc) is 3.35. The lowest BCUT2D eigenvalue weighted by molar-refractivity contribution is 0.122. The molecule has 6 rings (SSSR count). The third-order valence-corrected chi connectivity index (χ3v) is 6.70. The highest BCUT2D eigenvalue weighted by Gasteiger charge is 2.44. The molecule has 0 atom stereocenters.